The van der Waals surface area contributed by atoms with Gasteiger partial charge in [-0.25, -0.2) is 4.98 Å². The zero-order valence-corrected chi connectivity index (χ0v) is 13.5. The average Bonchev–Trinajstić information content (AvgIpc) is 2.93. The third-order valence-corrected chi connectivity index (χ3v) is 4.00. The number of aliphatic hydroxyl groups excluding tert-OH is 1. The zero-order valence-electron chi connectivity index (χ0n) is 13.5. The lowest BCUT2D eigenvalue weighted by atomic mass is 10.1. The molecule has 0 saturated carbocycles. The molecule has 5 heteroatoms. The van der Waals surface area contributed by atoms with Crippen LogP contribution in [0, 0.1) is 6.92 Å². The van der Waals surface area contributed by atoms with Crippen LogP contribution >= 0.6 is 0 Å². The van der Waals surface area contributed by atoms with E-state index in [0.717, 1.165) is 28.2 Å². The van der Waals surface area contributed by atoms with E-state index in [1.54, 1.807) is 14.2 Å². The Labute approximate surface area is 135 Å². The Balaban J connectivity index is 2.03. The number of methoxy groups -OCH3 is 2. The van der Waals surface area contributed by atoms with Gasteiger partial charge in [-0.1, -0.05) is 12.1 Å². The first-order valence-electron chi connectivity index (χ1n) is 7.45. The van der Waals surface area contributed by atoms with Crippen molar-refractivity contribution in [1.82, 2.24) is 9.38 Å². The quantitative estimate of drug-likeness (QED) is 0.787. The van der Waals surface area contributed by atoms with Crippen molar-refractivity contribution >= 4 is 5.65 Å². The Morgan fingerprint density at radius 2 is 1.91 bits per heavy atom. The molecule has 0 unspecified atom stereocenters. The molecule has 3 rings (SSSR count). The van der Waals surface area contributed by atoms with Gasteiger partial charge < -0.3 is 19.0 Å². The molecule has 1 aromatic carbocycles. The van der Waals surface area contributed by atoms with Crippen molar-refractivity contribution in [2.24, 2.45) is 0 Å². The largest absolute Gasteiger partial charge is 0.493 e. The number of aromatic nitrogens is 2. The Morgan fingerprint density at radius 3 is 2.61 bits per heavy atom. The van der Waals surface area contributed by atoms with Crippen LogP contribution in [0.15, 0.2) is 36.5 Å². The Bertz CT molecular complexity index is 840. The van der Waals surface area contributed by atoms with E-state index in [1.807, 2.05) is 47.9 Å². The number of pyridine rings is 1. The number of ether oxygens (including phenoxy) is 2. The number of benzene rings is 1. The van der Waals surface area contributed by atoms with Gasteiger partial charge in [0.1, 0.15) is 5.65 Å². The molecule has 2 heterocycles. The molecule has 3 aromatic rings. The van der Waals surface area contributed by atoms with Crippen LogP contribution in [-0.4, -0.2) is 28.7 Å². The molecular weight excluding hydrogens is 292 g/mol. The Hall–Kier alpha value is -2.53. The molecule has 0 bridgehead atoms. The summed E-state index contributed by atoms with van der Waals surface area (Å²) in [5.74, 6) is 1.39. The fourth-order valence-electron chi connectivity index (χ4n) is 2.79. The first kappa shape index (κ1) is 15.4. The second-order valence-corrected chi connectivity index (χ2v) is 5.41. The smallest absolute Gasteiger partial charge is 0.160 e. The summed E-state index contributed by atoms with van der Waals surface area (Å²) in [5, 5.41) is 9.75. The first-order chi connectivity index (χ1) is 11.2. The molecule has 0 fully saturated rings. The predicted octanol–water partition coefficient (Wildman–Crippen LogP) is 2.74. The van der Waals surface area contributed by atoms with Crippen LogP contribution < -0.4 is 9.47 Å². The predicted molar refractivity (Wildman–Crippen MR) is 88.2 cm³/mol. The lowest BCUT2D eigenvalue weighted by Crippen LogP contribution is -1.99. The van der Waals surface area contributed by atoms with Crippen LogP contribution in [0.4, 0.5) is 0 Å². The first-order valence-corrected chi connectivity index (χ1v) is 7.45. The highest BCUT2D eigenvalue weighted by molar-refractivity contribution is 5.51. The van der Waals surface area contributed by atoms with Crippen LogP contribution in [0.1, 0.15) is 22.5 Å². The number of nitrogens with zero attached hydrogens (tertiary/aromatic N) is 2. The number of fused-ring (bicyclic) bond motifs is 1. The highest BCUT2D eigenvalue weighted by atomic mass is 16.5. The number of imidazole rings is 1. The minimum Gasteiger partial charge on any atom is -0.493 e. The van der Waals surface area contributed by atoms with Crippen LogP contribution in [0.5, 0.6) is 11.5 Å². The van der Waals surface area contributed by atoms with E-state index in [-0.39, 0.29) is 6.61 Å². The van der Waals surface area contributed by atoms with Gasteiger partial charge in [0.15, 0.2) is 11.5 Å². The molecule has 0 radical (unpaired) electrons. The molecule has 0 aliphatic heterocycles. The van der Waals surface area contributed by atoms with Crippen molar-refractivity contribution < 1.29 is 14.6 Å². The minimum absolute atomic E-state index is 0.0484. The standard InChI is InChI=1S/C18H20N2O3/c1-12-5-4-8-20-15(11-21)14(19-18(12)20)9-13-6-7-16(22-2)17(10-13)23-3/h4-8,10,21H,9,11H2,1-3H3. The minimum atomic E-state index is -0.0484. The summed E-state index contributed by atoms with van der Waals surface area (Å²) in [4.78, 5) is 4.71. The van der Waals surface area contributed by atoms with E-state index in [9.17, 15) is 5.11 Å². The molecule has 5 nitrogen and oxygen atoms in total. The maximum atomic E-state index is 9.75. The third-order valence-electron chi connectivity index (χ3n) is 4.00. The molecule has 120 valence electrons. The van der Waals surface area contributed by atoms with Crippen molar-refractivity contribution in [3.05, 3.63) is 59.0 Å². The molecular formula is C18H20N2O3. The Morgan fingerprint density at radius 1 is 1.13 bits per heavy atom. The fraction of sp³-hybridized carbons (Fsp3) is 0.278. The molecule has 0 aliphatic carbocycles. The van der Waals surface area contributed by atoms with Gasteiger partial charge in [0, 0.05) is 12.6 Å². The van der Waals surface area contributed by atoms with Crippen molar-refractivity contribution in [2.45, 2.75) is 20.0 Å². The van der Waals surface area contributed by atoms with Gasteiger partial charge in [0.2, 0.25) is 0 Å². The van der Waals surface area contributed by atoms with Gasteiger partial charge >= 0.3 is 0 Å². The maximum Gasteiger partial charge on any atom is 0.160 e. The van der Waals surface area contributed by atoms with Gasteiger partial charge in [0.25, 0.3) is 0 Å². The summed E-state index contributed by atoms with van der Waals surface area (Å²) in [6, 6.07) is 9.79. The molecule has 0 amide bonds. The van der Waals surface area contributed by atoms with Crippen molar-refractivity contribution in [2.75, 3.05) is 14.2 Å². The van der Waals surface area contributed by atoms with Gasteiger partial charge in [-0.05, 0) is 36.2 Å². The maximum absolute atomic E-state index is 9.75. The number of hydrogen-bond donors (Lipinski definition) is 1. The summed E-state index contributed by atoms with van der Waals surface area (Å²) in [6.45, 7) is 1.97. The monoisotopic (exact) mass is 312 g/mol. The van der Waals surface area contributed by atoms with Gasteiger partial charge in [-0.3, -0.25) is 0 Å². The summed E-state index contributed by atoms with van der Waals surface area (Å²) >= 11 is 0. The van der Waals surface area contributed by atoms with E-state index in [4.69, 9.17) is 14.5 Å². The number of aliphatic hydroxyl groups is 1. The molecule has 2 aromatic heterocycles. The normalized spacial score (nSPS) is 11.0. The summed E-state index contributed by atoms with van der Waals surface area (Å²) < 4.78 is 12.6. The summed E-state index contributed by atoms with van der Waals surface area (Å²) in [5.41, 5.74) is 4.71. The highest BCUT2D eigenvalue weighted by Gasteiger charge is 2.14. The van der Waals surface area contributed by atoms with Gasteiger partial charge in [-0.15, -0.1) is 0 Å². The Kier molecular flexibility index (Phi) is 4.21. The number of aryl methyl sites for hydroxylation is 1. The lowest BCUT2D eigenvalue weighted by molar-refractivity contribution is 0.274. The van der Waals surface area contributed by atoms with E-state index < -0.39 is 0 Å². The summed E-state index contributed by atoms with van der Waals surface area (Å²) in [7, 11) is 3.24. The van der Waals surface area contributed by atoms with Crippen LogP contribution in [0.2, 0.25) is 0 Å². The average molecular weight is 312 g/mol. The van der Waals surface area contributed by atoms with Crippen LogP contribution in [-0.2, 0) is 13.0 Å². The van der Waals surface area contributed by atoms with Crippen molar-refractivity contribution in [1.29, 1.82) is 0 Å². The van der Waals surface area contributed by atoms with Gasteiger partial charge in [0.05, 0.1) is 32.2 Å². The number of rotatable bonds is 5. The summed E-state index contributed by atoms with van der Waals surface area (Å²) in [6.07, 6.45) is 2.55. The van der Waals surface area contributed by atoms with Crippen molar-refractivity contribution in [3.8, 4) is 11.5 Å². The molecule has 23 heavy (non-hydrogen) atoms. The van der Waals surface area contributed by atoms with Crippen LogP contribution in [0.3, 0.4) is 0 Å². The topological polar surface area (TPSA) is 56.0 Å². The zero-order chi connectivity index (χ0) is 16.4. The van der Waals surface area contributed by atoms with E-state index in [0.29, 0.717) is 17.9 Å². The van der Waals surface area contributed by atoms with E-state index in [2.05, 4.69) is 0 Å². The van der Waals surface area contributed by atoms with Crippen molar-refractivity contribution in [3.63, 3.8) is 0 Å². The fourth-order valence-corrected chi connectivity index (χ4v) is 2.79. The van der Waals surface area contributed by atoms with Gasteiger partial charge in [-0.2, -0.15) is 0 Å². The van der Waals surface area contributed by atoms with Crippen LogP contribution in [0.25, 0.3) is 5.65 Å². The van der Waals surface area contributed by atoms with E-state index >= 15 is 0 Å². The molecule has 0 spiro atoms. The SMILES string of the molecule is COc1ccc(Cc2nc3c(C)cccn3c2CO)cc1OC. The highest BCUT2D eigenvalue weighted by Crippen LogP contribution is 2.29. The molecule has 0 aliphatic rings. The second kappa shape index (κ2) is 6.30. The molecule has 0 atom stereocenters. The lowest BCUT2D eigenvalue weighted by Gasteiger charge is -2.09. The third kappa shape index (κ3) is 2.75. The van der Waals surface area contributed by atoms with E-state index in [1.165, 1.54) is 0 Å². The molecule has 0 saturated heterocycles. The number of hydrogen-bond acceptors (Lipinski definition) is 4. The molecule has 1 N–H and O–H groups in total. The second-order valence-electron chi connectivity index (χ2n) is 5.41.